The maximum absolute atomic E-state index is 12.6. The Morgan fingerprint density at radius 3 is 2.52 bits per heavy atom. The van der Waals surface area contributed by atoms with E-state index in [1.807, 2.05) is 41.3 Å². The summed E-state index contributed by atoms with van der Waals surface area (Å²) in [5.41, 5.74) is 2.31. The second-order valence-electron chi connectivity index (χ2n) is 6.84. The van der Waals surface area contributed by atoms with Gasteiger partial charge in [0, 0.05) is 54.9 Å². The number of carbonyl (C=O) groups excluding carboxylic acids is 1. The van der Waals surface area contributed by atoms with Crippen molar-refractivity contribution in [1.29, 1.82) is 0 Å². The molecule has 1 amide bonds. The summed E-state index contributed by atoms with van der Waals surface area (Å²) < 4.78 is 5.45. The second-order valence-corrected chi connectivity index (χ2v) is 7.65. The van der Waals surface area contributed by atoms with Gasteiger partial charge >= 0.3 is 0 Å². The molecule has 0 spiro atoms. The Bertz CT molecular complexity index is 880. The van der Waals surface area contributed by atoms with Crippen molar-refractivity contribution >= 4 is 34.8 Å². The number of halogens is 2. The molecule has 3 rings (SSSR count). The predicted octanol–water partition coefficient (Wildman–Crippen LogP) is 4.41. The number of amides is 1. The summed E-state index contributed by atoms with van der Waals surface area (Å²) in [6.45, 7) is 7.96. The first-order chi connectivity index (χ1) is 14.0. The van der Waals surface area contributed by atoms with Crippen LogP contribution in [-0.2, 0) is 4.79 Å². The van der Waals surface area contributed by atoms with E-state index >= 15 is 0 Å². The minimum Gasteiger partial charge on any atom is -0.495 e. The van der Waals surface area contributed by atoms with E-state index in [4.69, 9.17) is 27.9 Å². The average molecular weight is 434 g/mol. The zero-order chi connectivity index (χ0) is 20.8. The lowest BCUT2D eigenvalue weighted by Crippen LogP contribution is -2.50. The van der Waals surface area contributed by atoms with Gasteiger partial charge in [-0.05, 0) is 12.1 Å². The number of benzene rings is 2. The number of nitrogens with one attached hydrogen (secondary N) is 1. The van der Waals surface area contributed by atoms with E-state index in [9.17, 15) is 4.79 Å². The summed E-state index contributed by atoms with van der Waals surface area (Å²) in [5.74, 6) is 0.633. The number of ether oxygens (including phenoxy) is 1. The molecule has 2 aromatic rings. The molecular formula is C22H25Cl2N3O2. The first-order valence-electron chi connectivity index (χ1n) is 9.50. The Morgan fingerprint density at radius 1 is 1.14 bits per heavy atom. The van der Waals surface area contributed by atoms with E-state index in [0.717, 1.165) is 43.9 Å². The molecule has 0 aromatic heterocycles. The molecule has 1 N–H and O–H groups in total. The molecule has 1 heterocycles. The lowest BCUT2D eigenvalue weighted by Gasteiger charge is -2.34. The SMILES string of the molecule is C=CCN1CCN(C(=O)CNc2cc(-c3ccccc3Cl)c(Cl)cc2OC)CC1. The Balaban J connectivity index is 1.72. The van der Waals surface area contributed by atoms with Crippen molar-refractivity contribution < 1.29 is 9.53 Å². The van der Waals surface area contributed by atoms with E-state index in [1.54, 1.807) is 13.2 Å². The summed E-state index contributed by atoms with van der Waals surface area (Å²) in [7, 11) is 1.58. The summed E-state index contributed by atoms with van der Waals surface area (Å²) in [4.78, 5) is 16.8. The highest BCUT2D eigenvalue weighted by Gasteiger charge is 2.21. The van der Waals surface area contributed by atoms with Crippen molar-refractivity contribution in [2.45, 2.75) is 0 Å². The fraction of sp³-hybridized carbons (Fsp3) is 0.318. The monoisotopic (exact) mass is 433 g/mol. The predicted molar refractivity (Wildman–Crippen MR) is 120 cm³/mol. The van der Waals surface area contributed by atoms with Gasteiger partial charge in [0.1, 0.15) is 5.75 Å². The van der Waals surface area contributed by atoms with Crippen molar-refractivity contribution in [2.24, 2.45) is 0 Å². The maximum atomic E-state index is 12.6. The molecule has 0 saturated carbocycles. The molecule has 29 heavy (non-hydrogen) atoms. The van der Waals surface area contributed by atoms with Crippen LogP contribution in [0, 0.1) is 0 Å². The highest BCUT2D eigenvalue weighted by molar-refractivity contribution is 6.36. The molecule has 2 aromatic carbocycles. The number of piperazine rings is 1. The number of carbonyl (C=O) groups is 1. The van der Waals surface area contributed by atoms with E-state index < -0.39 is 0 Å². The van der Waals surface area contributed by atoms with Gasteiger partial charge in [-0.3, -0.25) is 9.69 Å². The second kappa shape index (κ2) is 10.0. The van der Waals surface area contributed by atoms with Gasteiger partial charge in [-0.15, -0.1) is 6.58 Å². The van der Waals surface area contributed by atoms with Gasteiger partial charge in [0.05, 0.1) is 24.4 Å². The molecule has 0 aliphatic carbocycles. The topological polar surface area (TPSA) is 44.8 Å². The fourth-order valence-electron chi connectivity index (χ4n) is 3.39. The molecule has 0 unspecified atom stereocenters. The smallest absolute Gasteiger partial charge is 0.241 e. The minimum absolute atomic E-state index is 0.0551. The van der Waals surface area contributed by atoms with Gasteiger partial charge in [0.25, 0.3) is 0 Å². The van der Waals surface area contributed by atoms with Crippen LogP contribution in [0.2, 0.25) is 10.0 Å². The molecule has 5 nitrogen and oxygen atoms in total. The van der Waals surface area contributed by atoms with Crippen molar-refractivity contribution in [3.05, 3.63) is 59.1 Å². The van der Waals surface area contributed by atoms with E-state index in [0.29, 0.717) is 21.5 Å². The summed E-state index contributed by atoms with van der Waals surface area (Å²) in [6.07, 6.45) is 1.89. The largest absolute Gasteiger partial charge is 0.495 e. The number of hydrogen-bond acceptors (Lipinski definition) is 4. The van der Waals surface area contributed by atoms with Gasteiger partial charge < -0.3 is 15.0 Å². The standard InChI is InChI=1S/C22H25Cl2N3O2/c1-3-8-26-9-11-27(12-10-26)22(28)15-25-20-13-17(19(24)14-21(20)29-2)16-6-4-5-7-18(16)23/h3-7,13-14,25H,1,8-12,15H2,2H3. The summed E-state index contributed by atoms with van der Waals surface area (Å²) in [5, 5.41) is 4.35. The lowest BCUT2D eigenvalue weighted by atomic mass is 10.0. The Labute approximate surface area is 181 Å². The van der Waals surface area contributed by atoms with Crippen LogP contribution in [0.1, 0.15) is 0 Å². The van der Waals surface area contributed by atoms with Crippen LogP contribution in [0.5, 0.6) is 5.75 Å². The van der Waals surface area contributed by atoms with Gasteiger partial charge in [-0.1, -0.05) is 47.5 Å². The van der Waals surface area contributed by atoms with Crippen LogP contribution < -0.4 is 10.1 Å². The molecular weight excluding hydrogens is 409 g/mol. The molecule has 0 atom stereocenters. The highest BCUT2D eigenvalue weighted by atomic mass is 35.5. The third-order valence-electron chi connectivity index (χ3n) is 5.00. The average Bonchev–Trinajstić information content (AvgIpc) is 2.73. The van der Waals surface area contributed by atoms with Crippen LogP contribution in [-0.4, -0.2) is 62.1 Å². The van der Waals surface area contributed by atoms with Crippen LogP contribution in [0.4, 0.5) is 5.69 Å². The molecule has 1 aliphatic heterocycles. The Hall–Kier alpha value is -2.21. The van der Waals surface area contributed by atoms with Crippen LogP contribution in [0.15, 0.2) is 49.1 Å². The summed E-state index contributed by atoms with van der Waals surface area (Å²) >= 11 is 12.8. The normalized spacial score (nSPS) is 14.5. The van der Waals surface area contributed by atoms with E-state index in [1.165, 1.54) is 0 Å². The molecule has 7 heteroatoms. The van der Waals surface area contributed by atoms with Crippen molar-refractivity contribution in [3.8, 4) is 16.9 Å². The quantitative estimate of drug-likeness (QED) is 0.656. The molecule has 0 bridgehead atoms. The maximum Gasteiger partial charge on any atom is 0.241 e. The molecule has 1 fully saturated rings. The zero-order valence-electron chi connectivity index (χ0n) is 16.5. The third kappa shape index (κ3) is 5.24. The number of nitrogens with zero attached hydrogens (tertiary/aromatic N) is 2. The van der Waals surface area contributed by atoms with Crippen molar-refractivity contribution in [2.75, 3.05) is 51.7 Å². The molecule has 1 saturated heterocycles. The van der Waals surface area contributed by atoms with Gasteiger partial charge in [-0.2, -0.15) is 0 Å². The van der Waals surface area contributed by atoms with Crippen LogP contribution in [0.3, 0.4) is 0 Å². The van der Waals surface area contributed by atoms with E-state index in [2.05, 4.69) is 16.8 Å². The lowest BCUT2D eigenvalue weighted by molar-refractivity contribution is -0.130. The number of hydrogen-bond donors (Lipinski definition) is 1. The van der Waals surface area contributed by atoms with Gasteiger partial charge in [0.2, 0.25) is 5.91 Å². The van der Waals surface area contributed by atoms with Gasteiger partial charge in [-0.25, -0.2) is 0 Å². The molecule has 154 valence electrons. The fourth-order valence-corrected chi connectivity index (χ4v) is 3.89. The van der Waals surface area contributed by atoms with Crippen molar-refractivity contribution in [1.82, 2.24) is 9.80 Å². The van der Waals surface area contributed by atoms with Crippen LogP contribution >= 0.6 is 23.2 Å². The number of methoxy groups -OCH3 is 1. The number of anilines is 1. The Morgan fingerprint density at radius 2 is 1.86 bits per heavy atom. The first-order valence-corrected chi connectivity index (χ1v) is 10.3. The summed E-state index contributed by atoms with van der Waals surface area (Å²) in [6, 6.07) is 11.1. The first kappa shape index (κ1) is 21.5. The highest BCUT2D eigenvalue weighted by Crippen LogP contribution is 2.39. The molecule has 1 aliphatic rings. The van der Waals surface area contributed by atoms with Crippen LogP contribution in [0.25, 0.3) is 11.1 Å². The molecule has 0 radical (unpaired) electrons. The Kier molecular flexibility index (Phi) is 7.42. The minimum atomic E-state index is 0.0551. The third-order valence-corrected chi connectivity index (χ3v) is 5.64. The van der Waals surface area contributed by atoms with E-state index in [-0.39, 0.29) is 12.5 Å². The number of rotatable bonds is 7. The van der Waals surface area contributed by atoms with Gasteiger partial charge in [0.15, 0.2) is 0 Å². The van der Waals surface area contributed by atoms with Crippen molar-refractivity contribution in [3.63, 3.8) is 0 Å². The zero-order valence-corrected chi connectivity index (χ0v) is 18.0.